The van der Waals surface area contributed by atoms with Crippen molar-refractivity contribution in [3.05, 3.63) is 0 Å². The van der Waals surface area contributed by atoms with Gasteiger partial charge in [0.25, 0.3) is 0 Å². The van der Waals surface area contributed by atoms with Crippen molar-refractivity contribution in [1.29, 1.82) is 0 Å². The van der Waals surface area contributed by atoms with Crippen molar-refractivity contribution in [1.82, 2.24) is 10.2 Å². The van der Waals surface area contributed by atoms with Gasteiger partial charge in [-0.05, 0) is 19.3 Å². The van der Waals surface area contributed by atoms with Crippen LogP contribution in [-0.4, -0.2) is 36.9 Å². The van der Waals surface area contributed by atoms with E-state index in [-0.39, 0.29) is 5.91 Å². The SMILES string of the molecule is CC[C@@H](C)N(CC(C)C)C(=S)S[C@H](NC(C)=O)C(Cl)(Cl)Cl. The smallest absolute Gasteiger partial charge is 0.220 e. The molecule has 0 aliphatic heterocycles. The van der Waals surface area contributed by atoms with Gasteiger partial charge in [0.2, 0.25) is 9.70 Å². The van der Waals surface area contributed by atoms with Gasteiger partial charge in [-0.2, -0.15) is 0 Å². The molecule has 0 aromatic rings. The van der Waals surface area contributed by atoms with E-state index in [1.165, 1.54) is 18.7 Å². The Morgan fingerprint density at radius 3 is 2.19 bits per heavy atom. The molecule has 0 fully saturated rings. The molecule has 0 bridgehead atoms. The van der Waals surface area contributed by atoms with Crippen LogP contribution in [0.15, 0.2) is 0 Å². The molecule has 0 saturated heterocycles. The van der Waals surface area contributed by atoms with Gasteiger partial charge in [-0.3, -0.25) is 4.79 Å². The van der Waals surface area contributed by atoms with Gasteiger partial charge >= 0.3 is 0 Å². The van der Waals surface area contributed by atoms with Crippen molar-refractivity contribution in [2.75, 3.05) is 6.54 Å². The maximum absolute atomic E-state index is 11.3. The average molecular weight is 394 g/mol. The van der Waals surface area contributed by atoms with E-state index >= 15 is 0 Å². The van der Waals surface area contributed by atoms with E-state index in [1.54, 1.807) is 0 Å². The fourth-order valence-corrected chi connectivity index (χ4v) is 3.64. The minimum atomic E-state index is -1.63. The maximum Gasteiger partial charge on any atom is 0.220 e. The largest absolute Gasteiger partial charge is 0.355 e. The molecule has 124 valence electrons. The first-order valence-corrected chi connectivity index (χ1v) is 9.22. The van der Waals surface area contributed by atoms with E-state index < -0.39 is 9.17 Å². The van der Waals surface area contributed by atoms with E-state index in [0.717, 1.165) is 13.0 Å². The Bertz CT molecular complexity index is 362. The van der Waals surface area contributed by atoms with Crippen molar-refractivity contribution < 1.29 is 4.79 Å². The summed E-state index contributed by atoms with van der Waals surface area (Å²) in [5, 5.41) is 1.91. The van der Waals surface area contributed by atoms with Crippen LogP contribution in [0.25, 0.3) is 0 Å². The lowest BCUT2D eigenvalue weighted by Gasteiger charge is -2.34. The second-order valence-corrected chi connectivity index (χ2v) is 9.42. The Kier molecular flexibility index (Phi) is 9.93. The predicted octanol–water partition coefficient (Wildman–Crippen LogP) is 4.59. The van der Waals surface area contributed by atoms with Gasteiger partial charge < -0.3 is 10.2 Å². The van der Waals surface area contributed by atoms with E-state index in [0.29, 0.717) is 16.3 Å². The number of rotatable bonds is 6. The first kappa shape index (κ1) is 21.6. The highest BCUT2D eigenvalue weighted by Gasteiger charge is 2.36. The number of halogens is 3. The van der Waals surface area contributed by atoms with Crippen molar-refractivity contribution in [2.24, 2.45) is 5.92 Å². The van der Waals surface area contributed by atoms with Crippen LogP contribution in [0.4, 0.5) is 0 Å². The lowest BCUT2D eigenvalue weighted by atomic mass is 10.1. The molecule has 0 unspecified atom stereocenters. The normalized spacial score (nSPS) is 14.7. The van der Waals surface area contributed by atoms with Crippen LogP contribution in [0.2, 0.25) is 0 Å². The number of nitrogens with zero attached hydrogens (tertiary/aromatic N) is 1. The summed E-state index contributed by atoms with van der Waals surface area (Å²) < 4.78 is -0.998. The minimum absolute atomic E-state index is 0.263. The highest BCUT2D eigenvalue weighted by molar-refractivity contribution is 8.23. The first-order valence-electron chi connectivity index (χ1n) is 6.80. The van der Waals surface area contributed by atoms with Crippen LogP contribution in [-0.2, 0) is 4.79 Å². The molecule has 8 heteroatoms. The number of nitrogens with one attached hydrogen (secondary N) is 1. The van der Waals surface area contributed by atoms with Gasteiger partial charge in [0.15, 0.2) is 0 Å². The molecule has 0 aliphatic rings. The number of carbonyl (C=O) groups excluding carboxylic acids is 1. The second kappa shape index (κ2) is 9.66. The molecule has 1 amide bonds. The van der Waals surface area contributed by atoms with E-state index in [4.69, 9.17) is 47.0 Å². The molecule has 0 aliphatic carbocycles. The van der Waals surface area contributed by atoms with Crippen molar-refractivity contribution in [2.45, 2.75) is 56.2 Å². The van der Waals surface area contributed by atoms with Gasteiger partial charge in [0, 0.05) is 19.5 Å². The summed E-state index contributed by atoms with van der Waals surface area (Å²) in [7, 11) is 0. The molecule has 1 N–H and O–H groups in total. The third kappa shape index (κ3) is 8.70. The summed E-state index contributed by atoms with van der Waals surface area (Å²) in [6.07, 6.45) is 0.964. The van der Waals surface area contributed by atoms with E-state index in [1.807, 2.05) is 0 Å². The molecule has 3 nitrogen and oxygen atoms in total. The quantitative estimate of drug-likeness (QED) is 0.406. The van der Waals surface area contributed by atoms with Gasteiger partial charge in [0.05, 0.1) is 0 Å². The third-order valence-corrected chi connectivity index (χ3v) is 5.48. The number of hydrogen-bond acceptors (Lipinski definition) is 3. The molecular weight excluding hydrogens is 371 g/mol. The Hall–Kier alpha value is 0.580. The zero-order chi connectivity index (χ0) is 16.8. The highest BCUT2D eigenvalue weighted by atomic mass is 35.6. The van der Waals surface area contributed by atoms with Crippen molar-refractivity contribution in [3.63, 3.8) is 0 Å². The Morgan fingerprint density at radius 2 is 1.86 bits per heavy atom. The topological polar surface area (TPSA) is 32.3 Å². The zero-order valence-corrected chi connectivity index (χ0v) is 16.9. The lowest BCUT2D eigenvalue weighted by Crippen LogP contribution is -2.45. The van der Waals surface area contributed by atoms with Crippen molar-refractivity contribution in [3.8, 4) is 0 Å². The molecule has 0 radical (unpaired) electrons. The summed E-state index contributed by atoms with van der Waals surface area (Å²) in [4.78, 5) is 13.4. The highest BCUT2D eigenvalue weighted by Crippen LogP contribution is 2.37. The molecule has 21 heavy (non-hydrogen) atoms. The number of hydrogen-bond donors (Lipinski definition) is 1. The van der Waals surface area contributed by atoms with E-state index in [2.05, 4.69) is 37.9 Å². The zero-order valence-electron chi connectivity index (χ0n) is 13.0. The summed E-state index contributed by atoms with van der Waals surface area (Å²) in [5.41, 5.74) is 0. The molecule has 0 spiro atoms. The molecule has 2 atom stereocenters. The predicted molar refractivity (Wildman–Crippen MR) is 99.4 cm³/mol. The fraction of sp³-hybridized carbons (Fsp3) is 0.846. The minimum Gasteiger partial charge on any atom is -0.355 e. The Labute approximate surface area is 152 Å². The van der Waals surface area contributed by atoms with Crippen LogP contribution < -0.4 is 5.32 Å². The molecule has 0 rings (SSSR count). The van der Waals surface area contributed by atoms with Crippen LogP contribution in [0.1, 0.15) is 41.0 Å². The van der Waals surface area contributed by atoms with Gasteiger partial charge in [-0.25, -0.2) is 0 Å². The number of amides is 1. The maximum atomic E-state index is 11.3. The number of thioether (sulfide) groups is 1. The summed E-state index contributed by atoms with van der Waals surface area (Å²) in [5.74, 6) is 0.199. The van der Waals surface area contributed by atoms with Gasteiger partial charge in [-0.1, -0.05) is 79.6 Å². The Balaban J connectivity index is 5.02. The van der Waals surface area contributed by atoms with Gasteiger partial charge in [0.1, 0.15) is 9.69 Å². The summed E-state index contributed by atoms with van der Waals surface area (Å²) in [6.45, 7) is 10.7. The van der Waals surface area contributed by atoms with Gasteiger partial charge in [-0.15, -0.1) is 0 Å². The number of carbonyl (C=O) groups is 1. The first-order chi connectivity index (χ1) is 9.48. The molecule has 0 saturated carbocycles. The molecule has 0 heterocycles. The average Bonchev–Trinajstić information content (AvgIpc) is 2.32. The molecule has 0 aromatic carbocycles. The number of alkyl halides is 3. The third-order valence-electron chi connectivity index (χ3n) is 2.77. The molecular formula is C13H23Cl3N2OS2. The van der Waals surface area contributed by atoms with Crippen LogP contribution in [0.5, 0.6) is 0 Å². The number of thiocarbonyl (C=S) groups is 1. The van der Waals surface area contributed by atoms with Crippen LogP contribution in [0, 0.1) is 5.92 Å². The van der Waals surface area contributed by atoms with E-state index in [9.17, 15) is 4.79 Å². The summed E-state index contributed by atoms with van der Waals surface area (Å²) >= 11 is 24.5. The standard InChI is InChI=1S/C13H23Cl3N2OS2/c1-6-9(4)18(7-8(2)3)12(20)21-11(13(14,15)16)17-10(5)19/h8-9,11H,6-7H2,1-5H3,(H,17,19)/t9-,11+/m1/s1. The Morgan fingerprint density at radius 1 is 1.33 bits per heavy atom. The lowest BCUT2D eigenvalue weighted by molar-refractivity contribution is -0.119. The van der Waals surface area contributed by atoms with Crippen LogP contribution >= 0.6 is 58.8 Å². The monoisotopic (exact) mass is 392 g/mol. The molecule has 0 aromatic heterocycles. The van der Waals surface area contributed by atoms with Crippen molar-refractivity contribution >= 4 is 69.0 Å². The second-order valence-electron chi connectivity index (χ2n) is 5.31. The van der Waals surface area contributed by atoms with Crippen LogP contribution in [0.3, 0.4) is 0 Å². The summed E-state index contributed by atoms with van der Waals surface area (Å²) in [6, 6.07) is 0.292. The fourth-order valence-electron chi connectivity index (χ4n) is 1.58.